The van der Waals surface area contributed by atoms with E-state index in [-0.39, 0.29) is 0 Å². The Morgan fingerprint density at radius 1 is 1.78 bits per heavy atom. The van der Waals surface area contributed by atoms with Crippen LogP contribution in [0.4, 0.5) is 0 Å². The van der Waals surface area contributed by atoms with E-state index < -0.39 is 0 Å². The van der Waals surface area contributed by atoms with E-state index in [0.717, 1.165) is 12.2 Å². The summed E-state index contributed by atoms with van der Waals surface area (Å²) in [5.41, 5.74) is 0.974. The third-order valence-corrected chi connectivity index (χ3v) is 1.49. The van der Waals surface area contributed by atoms with Crippen LogP contribution >= 0.6 is 11.6 Å². The van der Waals surface area contributed by atoms with E-state index in [4.69, 9.17) is 11.6 Å². The highest BCUT2D eigenvalue weighted by atomic mass is 35.5. The van der Waals surface area contributed by atoms with Crippen LogP contribution in [0.3, 0.4) is 0 Å². The van der Waals surface area contributed by atoms with Crippen molar-refractivity contribution in [2.24, 2.45) is 0 Å². The van der Waals surface area contributed by atoms with Gasteiger partial charge in [-0.1, -0.05) is 0 Å². The van der Waals surface area contributed by atoms with Gasteiger partial charge in [0.25, 0.3) is 0 Å². The molecular weight excluding hydrogens is 136 g/mol. The molecule has 0 aliphatic heterocycles. The highest BCUT2D eigenvalue weighted by molar-refractivity contribution is 6.28. The predicted molar refractivity (Wildman–Crippen MR) is 37.6 cm³/mol. The van der Waals surface area contributed by atoms with Crippen LogP contribution in [0.25, 0.3) is 0 Å². The molecule has 0 N–H and O–H groups in total. The molecule has 0 saturated heterocycles. The molecule has 0 unspecified atom stereocenters. The van der Waals surface area contributed by atoms with Crippen molar-refractivity contribution in [3.63, 3.8) is 0 Å². The first-order valence-corrected chi connectivity index (χ1v) is 3.31. The van der Waals surface area contributed by atoms with Gasteiger partial charge in [-0.15, -0.1) is 0 Å². The van der Waals surface area contributed by atoms with E-state index in [1.54, 1.807) is 0 Å². The minimum atomic E-state index is 0.579. The molecule has 50 valence electrons. The van der Waals surface area contributed by atoms with Crippen LogP contribution < -0.4 is 0 Å². The van der Waals surface area contributed by atoms with Crippen LogP contribution in [0, 0.1) is 6.92 Å². The summed E-state index contributed by atoms with van der Waals surface area (Å²) >= 11 is 5.70. The van der Waals surface area contributed by atoms with Crippen molar-refractivity contribution in [2.45, 2.75) is 20.4 Å². The molecule has 1 aromatic rings. The zero-order valence-corrected chi connectivity index (χ0v) is 6.31. The van der Waals surface area contributed by atoms with Crippen LogP contribution in [0.15, 0.2) is 6.20 Å². The monoisotopic (exact) mass is 144 g/mol. The lowest BCUT2D eigenvalue weighted by Crippen LogP contribution is -1.89. The number of halogens is 1. The molecule has 0 aliphatic carbocycles. The van der Waals surface area contributed by atoms with E-state index in [1.165, 1.54) is 0 Å². The zero-order valence-electron chi connectivity index (χ0n) is 5.56. The molecule has 0 amide bonds. The first kappa shape index (κ1) is 6.62. The fourth-order valence-electron chi connectivity index (χ4n) is 0.739. The van der Waals surface area contributed by atoms with Gasteiger partial charge in [-0.25, -0.2) is 4.98 Å². The van der Waals surface area contributed by atoms with Gasteiger partial charge in [-0.3, -0.25) is 0 Å². The zero-order chi connectivity index (χ0) is 6.85. The summed E-state index contributed by atoms with van der Waals surface area (Å²) in [6.07, 6.45) is 1.93. The van der Waals surface area contributed by atoms with Crippen LogP contribution in [0.2, 0.25) is 5.28 Å². The highest BCUT2D eigenvalue weighted by Crippen LogP contribution is 2.07. The summed E-state index contributed by atoms with van der Waals surface area (Å²) in [6.45, 7) is 4.85. The van der Waals surface area contributed by atoms with Gasteiger partial charge in [-0.05, 0) is 25.4 Å². The molecule has 0 radical (unpaired) electrons. The van der Waals surface area contributed by atoms with Crippen molar-refractivity contribution in [1.82, 2.24) is 9.55 Å². The largest absolute Gasteiger partial charge is 0.322 e. The lowest BCUT2D eigenvalue weighted by molar-refractivity contribution is 0.762. The number of aromatic nitrogens is 2. The minimum absolute atomic E-state index is 0.579. The van der Waals surface area contributed by atoms with Gasteiger partial charge < -0.3 is 4.57 Å². The quantitative estimate of drug-likeness (QED) is 0.589. The fourth-order valence-corrected chi connectivity index (χ4v) is 1.04. The average molecular weight is 145 g/mol. The number of hydrogen-bond acceptors (Lipinski definition) is 1. The molecule has 0 atom stereocenters. The van der Waals surface area contributed by atoms with Crippen molar-refractivity contribution >= 4 is 11.6 Å². The second-order valence-electron chi connectivity index (χ2n) is 1.94. The molecule has 0 saturated carbocycles. The van der Waals surface area contributed by atoms with Gasteiger partial charge in [0.1, 0.15) is 0 Å². The Kier molecular flexibility index (Phi) is 1.76. The van der Waals surface area contributed by atoms with Crippen molar-refractivity contribution in [2.75, 3.05) is 0 Å². The predicted octanol–water partition coefficient (Wildman–Crippen LogP) is 1.86. The summed E-state index contributed by atoms with van der Waals surface area (Å²) in [6, 6.07) is 0. The topological polar surface area (TPSA) is 17.8 Å². The van der Waals surface area contributed by atoms with E-state index >= 15 is 0 Å². The first-order chi connectivity index (χ1) is 4.24. The average Bonchev–Trinajstić information content (AvgIpc) is 2.10. The molecule has 0 bridgehead atoms. The minimum Gasteiger partial charge on any atom is -0.322 e. The molecule has 2 nitrogen and oxygen atoms in total. The third kappa shape index (κ3) is 1.24. The van der Waals surface area contributed by atoms with Gasteiger partial charge >= 0.3 is 0 Å². The second-order valence-corrected chi connectivity index (χ2v) is 2.28. The van der Waals surface area contributed by atoms with Crippen LogP contribution in [-0.4, -0.2) is 9.55 Å². The Morgan fingerprint density at radius 2 is 2.44 bits per heavy atom. The number of nitrogens with zero attached hydrogens (tertiary/aromatic N) is 2. The highest BCUT2D eigenvalue weighted by Gasteiger charge is 1.97. The smallest absolute Gasteiger partial charge is 0.202 e. The Balaban J connectivity index is 3.01. The molecule has 1 aromatic heterocycles. The molecule has 9 heavy (non-hydrogen) atoms. The van der Waals surface area contributed by atoms with Gasteiger partial charge in [0, 0.05) is 12.7 Å². The number of rotatable bonds is 1. The Morgan fingerprint density at radius 3 is 2.67 bits per heavy atom. The summed E-state index contributed by atoms with van der Waals surface area (Å²) < 4.78 is 1.90. The van der Waals surface area contributed by atoms with E-state index in [2.05, 4.69) is 4.98 Å². The number of hydrogen-bond donors (Lipinski definition) is 0. The normalized spacial score (nSPS) is 10.1. The summed E-state index contributed by atoms with van der Waals surface area (Å²) in [4.78, 5) is 4.01. The van der Waals surface area contributed by atoms with Crippen LogP contribution in [0.5, 0.6) is 0 Å². The van der Waals surface area contributed by atoms with Crippen molar-refractivity contribution in [3.05, 3.63) is 17.2 Å². The Hall–Kier alpha value is -0.500. The van der Waals surface area contributed by atoms with Crippen molar-refractivity contribution in [1.29, 1.82) is 0 Å². The third-order valence-electron chi connectivity index (χ3n) is 1.19. The lowest BCUT2D eigenvalue weighted by Gasteiger charge is -1.93. The van der Waals surface area contributed by atoms with Crippen LogP contribution in [-0.2, 0) is 6.54 Å². The molecule has 0 aliphatic rings. The van der Waals surface area contributed by atoms with Crippen molar-refractivity contribution < 1.29 is 0 Å². The maximum atomic E-state index is 5.70. The molecule has 0 fully saturated rings. The molecule has 1 heterocycles. The van der Waals surface area contributed by atoms with E-state index in [9.17, 15) is 0 Å². The number of aryl methyl sites for hydroxylation is 2. The molecular formula is C6H9ClN2. The number of imidazole rings is 1. The van der Waals surface area contributed by atoms with Gasteiger partial charge in [-0.2, -0.15) is 0 Å². The van der Waals surface area contributed by atoms with Gasteiger partial charge in [0.2, 0.25) is 5.28 Å². The first-order valence-electron chi connectivity index (χ1n) is 2.93. The fraction of sp³-hybridized carbons (Fsp3) is 0.500. The molecule has 0 aromatic carbocycles. The summed E-state index contributed by atoms with van der Waals surface area (Å²) in [7, 11) is 0. The van der Waals surface area contributed by atoms with Crippen LogP contribution in [0.1, 0.15) is 12.6 Å². The second kappa shape index (κ2) is 2.40. The molecule has 3 heteroatoms. The van der Waals surface area contributed by atoms with Gasteiger partial charge in [0.05, 0.1) is 5.69 Å². The molecule has 1 rings (SSSR count). The molecule has 0 spiro atoms. The Bertz CT molecular complexity index is 205. The Labute approximate surface area is 59.5 Å². The summed E-state index contributed by atoms with van der Waals surface area (Å²) in [5, 5.41) is 0.579. The van der Waals surface area contributed by atoms with Crippen molar-refractivity contribution in [3.8, 4) is 0 Å². The van der Waals surface area contributed by atoms with Gasteiger partial charge in [0.15, 0.2) is 0 Å². The van der Waals surface area contributed by atoms with E-state index in [0.29, 0.717) is 5.28 Å². The van der Waals surface area contributed by atoms with E-state index in [1.807, 2.05) is 24.6 Å². The maximum absolute atomic E-state index is 5.70. The maximum Gasteiger partial charge on any atom is 0.202 e. The SMILES string of the molecule is CCn1cc(C)nc1Cl. The standard InChI is InChI=1S/C6H9ClN2/c1-3-9-4-5(2)8-6(9)7/h4H,3H2,1-2H3. The summed E-state index contributed by atoms with van der Waals surface area (Å²) in [5.74, 6) is 0. The lowest BCUT2D eigenvalue weighted by atomic mass is 10.6.